The van der Waals surface area contributed by atoms with Crippen molar-refractivity contribution in [3.05, 3.63) is 42.0 Å². The number of hydrogen-bond donors (Lipinski definition) is 2. The van der Waals surface area contributed by atoms with Gasteiger partial charge < -0.3 is 19.9 Å². The quantitative estimate of drug-likeness (QED) is 0.0301. The van der Waals surface area contributed by atoms with Crippen LogP contribution in [0.5, 0.6) is 0 Å². The molecule has 292 valence electrons. The van der Waals surface area contributed by atoms with Gasteiger partial charge in [0.25, 0.3) is 0 Å². The molecule has 1 aromatic rings. The standard InChI is InChI=1S/C14H19NO2.C12H22O6.C12H22O4/c1-5-14(3,4)13(17)15-12-8-6-11(7-9-12)10(2)16;1-4-12(2,3)11(15)16-8-9-18-17-7-5-6-10(13)14;1-6-12(4,5)11(13)14-7-8-15-16-9-10(2)3/h6-9H,5H2,1-4H3,(H,15,17);4-9H2,1-3H3,(H,13,14);2,6-9H2,1,3-5H3. The maximum Gasteiger partial charge on any atom is 0.311 e. The maximum absolute atomic E-state index is 11.9. The molecular weight excluding hydrogens is 662 g/mol. The number of esters is 2. The first-order chi connectivity index (χ1) is 23.7. The van der Waals surface area contributed by atoms with Crippen LogP contribution in [-0.2, 0) is 48.2 Å². The van der Waals surface area contributed by atoms with Crippen LogP contribution in [0.1, 0.15) is 119 Å². The Morgan fingerprint density at radius 1 is 0.667 bits per heavy atom. The van der Waals surface area contributed by atoms with Gasteiger partial charge in [-0.15, -0.1) is 0 Å². The minimum Gasteiger partial charge on any atom is -0.481 e. The number of carboxylic acid groups (broad SMARTS) is 1. The van der Waals surface area contributed by atoms with Gasteiger partial charge in [0.2, 0.25) is 5.91 Å². The first-order valence-corrected chi connectivity index (χ1v) is 17.3. The molecule has 0 atom stereocenters. The van der Waals surface area contributed by atoms with Crippen molar-refractivity contribution in [2.45, 2.75) is 108 Å². The van der Waals surface area contributed by atoms with Gasteiger partial charge in [-0.05, 0) is 91.5 Å². The van der Waals surface area contributed by atoms with Crippen molar-refractivity contribution in [2.24, 2.45) is 16.2 Å². The summed E-state index contributed by atoms with van der Waals surface area (Å²) in [6.45, 7) is 25.3. The fraction of sp³-hybridized carbons (Fsp3) is 0.658. The third-order valence-corrected chi connectivity index (χ3v) is 7.81. The number of ether oxygens (including phenoxy) is 2. The van der Waals surface area contributed by atoms with Crippen LogP contribution in [0, 0.1) is 16.2 Å². The predicted octanol–water partition coefficient (Wildman–Crippen LogP) is 7.53. The molecule has 0 bridgehead atoms. The largest absolute Gasteiger partial charge is 0.481 e. The lowest BCUT2D eigenvalue weighted by Gasteiger charge is -2.21. The summed E-state index contributed by atoms with van der Waals surface area (Å²) in [6.07, 6.45) is 2.67. The van der Waals surface area contributed by atoms with Gasteiger partial charge in [0.15, 0.2) is 5.78 Å². The number of Topliss-reactive ketones (excluding diaryl/α,β-unsaturated/α-hetero) is 1. The van der Waals surface area contributed by atoms with Crippen LogP contribution in [0.2, 0.25) is 0 Å². The average molecular weight is 726 g/mol. The first kappa shape index (κ1) is 49.5. The Morgan fingerprint density at radius 2 is 1.10 bits per heavy atom. The molecule has 2 N–H and O–H groups in total. The number of hydrogen-bond acceptors (Lipinski definition) is 11. The highest BCUT2D eigenvalue weighted by molar-refractivity contribution is 5.97. The summed E-state index contributed by atoms with van der Waals surface area (Å²) >= 11 is 0. The van der Waals surface area contributed by atoms with E-state index >= 15 is 0 Å². The van der Waals surface area contributed by atoms with Crippen molar-refractivity contribution in [1.29, 1.82) is 0 Å². The molecule has 1 rings (SSSR count). The molecule has 0 aromatic heterocycles. The van der Waals surface area contributed by atoms with Gasteiger partial charge in [0.1, 0.15) is 33.0 Å². The highest BCUT2D eigenvalue weighted by atomic mass is 17.2. The van der Waals surface area contributed by atoms with Gasteiger partial charge in [0, 0.05) is 23.1 Å². The maximum atomic E-state index is 11.9. The molecule has 1 aromatic carbocycles. The molecule has 0 fully saturated rings. The molecule has 0 aliphatic heterocycles. The predicted molar refractivity (Wildman–Crippen MR) is 195 cm³/mol. The van der Waals surface area contributed by atoms with E-state index in [1.165, 1.54) is 6.92 Å². The number of carbonyl (C=O) groups is 5. The summed E-state index contributed by atoms with van der Waals surface area (Å²) in [5, 5.41) is 11.2. The second-order valence-corrected chi connectivity index (χ2v) is 13.8. The van der Waals surface area contributed by atoms with Crippen molar-refractivity contribution >= 4 is 35.3 Å². The Hall–Kier alpha value is -3.65. The molecular formula is C38H63NO12. The second-order valence-electron chi connectivity index (χ2n) is 13.8. The molecule has 1 amide bonds. The van der Waals surface area contributed by atoms with Crippen LogP contribution in [0.3, 0.4) is 0 Å². The zero-order chi connectivity index (χ0) is 39.7. The molecule has 0 heterocycles. The van der Waals surface area contributed by atoms with Crippen LogP contribution >= 0.6 is 0 Å². The Balaban J connectivity index is 0. The zero-order valence-electron chi connectivity index (χ0n) is 32.7. The van der Waals surface area contributed by atoms with Crippen LogP contribution in [0.4, 0.5) is 5.69 Å². The Morgan fingerprint density at radius 3 is 1.49 bits per heavy atom. The molecule has 0 unspecified atom stereocenters. The zero-order valence-corrected chi connectivity index (χ0v) is 32.7. The molecule has 0 spiro atoms. The van der Waals surface area contributed by atoms with Crippen molar-refractivity contribution in [3.8, 4) is 0 Å². The number of carbonyl (C=O) groups excluding carboxylic acids is 4. The van der Waals surface area contributed by atoms with Gasteiger partial charge in [-0.2, -0.15) is 0 Å². The van der Waals surface area contributed by atoms with Gasteiger partial charge >= 0.3 is 17.9 Å². The molecule has 13 heteroatoms. The minimum absolute atomic E-state index is 0.00410. The lowest BCUT2D eigenvalue weighted by Crippen LogP contribution is -2.29. The highest BCUT2D eigenvalue weighted by Gasteiger charge is 2.28. The molecule has 0 radical (unpaired) electrons. The van der Waals surface area contributed by atoms with Gasteiger partial charge in [0.05, 0.1) is 17.4 Å². The Kier molecular flexibility index (Phi) is 25.4. The first-order valence-electron chi connectivity index (χ1n) is 17.3. The van der Waals surface area contributed by atoms with Gasteiger partial charge in [-0.1, -0.05) is 46.8 Å². The minimum atomic E-state index is -0.866. The van der Waals surface area contributed by atoms with E-state index in [9.17, 15) is 24.0 Å². The summed E-state index contributed by atoms with van der Waals surface area (Å²) in [4.78, 5) is 75.3. The van der Waals surface area contributed by atoms with E-state index in [1.54, 1.807) is 24.3 Å². The molecule has 0 saturated heterocycles. The van der Waals surface area contributed by atoms with E-state index in [0.29, 0.717) is 25.0 Å². The number of amides is 1. The Labute approximate surface area is 304 Å². The van der Waals surface area contributed by atoms with Gasteiger partial charge in [-0.3, -0.25) is 24.0 Å². The van der Waals surface area contributed by atoms with Crippen molar-refractivity contribution < 1.29 is 58.1 Å². The highest BCUT2D eigenvalue weighted by Crippen LogP contribution is 2.23. The van der Waals surface area contributed by atoms with Crippen molar-refractivity contribution in [2.75, 3.05) is 45.0 Å². The lowest BCUT2D eigenvalue weighted by atomic mass is 9.89. The summed E-state index contributed by atoms with van der Waals surface area (Å²) in [5.74, 6) is -1.32. The average Bonchev–Trinajstić information content (AvgIpc) is 3.07. The molecule has 0 saturated carbocycles. The summed E-state index contributed by atoms with van der Waals surface area (Å²) in [6, 6.07) is 6.94. The number of carboxylic acids is 1. The van der Waals surface area contributed by atoms with E-state index < -0.39 is 16.8 Å². The van der Waals surface area contributed by atoms with E-state index in [1.807, 2.05) is 69.2 Å². The number of nitrogens with one attached hydrogen (secondary N) is 1. The van der Waals surface area contributed by atoms with Gasteiger partial charge in [-0.25, -0.2) is 19.6 Å². The van der Waals surface area contributed by atoms with E-state index in [4.69, 9.17) is 34.1 Å². The number of anilines is 1. The molecule has 0 aliphatic rings. The summed E-state index contributed by atoms with van der Waals surface area (Å²) in [7, 11) is 0. The topological polar surface area (TPSA) is 173 Å². The fourth-order valence-electron chi connectivity index (χ4n) is 2.87. The van der Waals surface area contributed by atoms with Crippen LogP contribution in [0.15, 0.2) is 36.4 Å². The third kappa shape index (κ3) is 24.2. The molecule has 0 aliphatic carbocycles. The smallest absolute Gasteiger partial charge is 0.311 e. The summed E-state index contributed by atoms with van der Waals surface area (Å²) < 4.78 is 10.0. The van der Waals surface area contributed by atoms with Crippen LogP contribution in [-0.4, -0.2) is 74.3 Å². The lowest BCUT2D eigenvalue weighted by molar-refractivity contribution is -0.298. The SMILES string of the molecule is C=C(C)COOCCOC(=O)C(C)(C)CC.CCC(C)(C)C(=O)Nc1ccc(C(C)=O)cc1.CCC(C)(C)C(=O)OCCOOCCCC(=O)O. The van der Waals surface area contributed by atoms with Crippen LogP contribution < -0.4 is 5.32 Å². The molecule has 13 nitrogen and oxygen atoms in total. The monoisotopic (exact) mass is 725 g/mol. The number of aliphatic carboxylic acids is 1. The number of ketones is 1. The third-order valence-electron chi connectivity index (χ3n) is 7.81. The fourth-order valence-corrected chi connectivity index (χ4v) is 2.87. The Bertz CT molecular complexity index is 1210. The van der Waals surface area contributed by atoms with E-state index in [-0.39, 0.29) is 68.5 Å². The normalized spacial score (nSPS) is 11.2. The van der Waals surface area contributed by atoms with E-state index in [2.05, 4.69) is 11.9 Å². The van der Waals surface area contributed by atoms with E-state index in [0.717, 1.165) is 24.1 Å². The number of rotatable bonds is 22. The van der Waals surface area contributed by atoms with Crippen molar-refractivity contribution in [3.63, 3.8) is 0 Å². The van der Waals surface area contributed by atoms with Crippen molar-refractivity contribution in [1.82, 2.24) is 0 Å². The summed E-state index contributed by atoms with van der Waals surface area (Å²) in [5.41, 5.74) is 0.962. The second kappa shape index (κ2) is 26.2. The number of benzene rings is 1. The van der Waals surface area contributed by atoms with Crippen LogP contribution in [0.25, 0.3) is 0 Å². The molecule has 51 heavy (non-hydrogen) atoms.